The van der Waals surface area contributed by atoms with E-state index in [9.17, 15) is 0 Å². The van der Waals surface area contributed by atoms with Crippen LogP contribution in [0.15, 0.2) is 103 Å². The lowest BCUT2D eigenvalue weighted by Gasteiger charge is -2.13. The van der Waals surface area contributed by atoms with Crippen LogP contribution in [0.4, 0.5) is 0 Å². The lowest BCUT2D eigenvalue weighted by atomic mass is 9.99. The Morgan fingerprint density at radius 2 is 0.630 bits per heavy atom. The molecular formula is C37H29N9. The average Bonchev–Trinajstić information content (AvgIpc) is 3.08. The zero-order valence-corrected chi connectivity index (χ0v) is 25.8. The first-order chi connectivity index (χ1) is 22.4. The SMILES string of the molecule is Cc1nc(C)nc(-c2cc(-c3nc(C)nc(-c4ccccc4)n3)cc(-c3nc(C)nc(-c4ccccc4-c4ccccc4)n3)c2)n1. The summed E-state index contributed by atoms with van der Waals surface area (Å²) in [6.07, 6.45) is 0. The van der Waals surface area contributed by atoms with Crippen molar-refractivity contribution >= 4 is 0 Å². The third kappa shape index (κ3) is 5.98. The molecule has 0 aliphatic heterocycles. The molecule has 0 N–H and O–H groups in total. The van der Waals surface area contributed by atoms with Gasteiger partial charge in [0.05, 0.1) is 0 Å². The fourth-order valence-electron chi connectivity index (χ4n) is 5.37. The van der Waals surface area contributed by atoms with Crippen LogP contribution in [0.3, 0.4) is 0 Å². The van der Waals surface area contributed by atoms with E-state index in [1.165, 1.54) is 0 Å². The molecule has 4 aromatic carbocycles. The van der Waals surface area contributed by atoms with E-state index in [1.807, 2.05) is 113 Å². The lowest BCUT2D eigenvalue weighted by molar-refractivity contribution is 0.928. The van der Waals surface area contributed by atoms with Crippen molar-refractivity contribution in [3.05, 3.63) is 126 Å². The largest absolute Gasteiger partial charge is 0.219 e. The Hall–Kier alpha value is -6.09. The van der Waals surface area contributed by atoms with Crippen LogP contribution in [-0.2, 0) is 0 Å². The molecule has 0 spiro atoms. The topological polar surface area (TPSA) is 116 Å². The normalized spacial score (nSPS) is 11.0. The minimum atomic E-state index is 0.519. The maximum absolute atomic E-state index is 5.02. The summed E-state index contributed by atoms with van der Waals surface area (Å²) in [5.41, 5.74) is 6.23. The Morgan fingerprint density at radius 1 is 0.283 bits per heavy atom. The van der Waals surface area contributed by atoms with Crippen molar-refractivity contribution in [1.82, 2.24) is 44.9 Å². The van der Waals surface area contributed by atoms with E-state index in [0.29, 0.717) is 52.4 Å². The lowest BCUT2D eigenvalue weighted by Crippen LogP contribution is -2.03. The maximum Gasteiger partial charge on any atom is 0.164 e. The zero-order chi connectivity index (χ0) is 31.6. The van der Waals surface area contributed by atoms with E-state index in [2.05, 4.69) is 38.1 Å². The van der Waals surface area contributed by atoms with E-state index >= 15 is 0 Å². The molecule has 7 rings (SSSR count). The van der Waals surface area contributed by atoms with Gasteiger partial charge < -0.3 is 0 Å². The summed E-state index contributed by atoms with van der Waals surface area (Å²) in [4.78, 5) is 42.5. The summed E-state index contributed by atoms with van der Waals surface area (Å²) in [6, 6.07) is 34.2. The summed E-state index contributed by atoms with van der Waals surface area (Å²) in [7, 11) is 0. The van der Waals surface area contributed by atoms with Gasteiger partial charge in [0.25, 0.3) is 0 Å². The van der Waals surface area contributed by atoms with Crippen molar-refractivity contribution in [3.63, 3.8) is 0 Å². The molecule has 0 saturated carbocycles. The Morgan fingerprint density at radius 3 is 1.15 bits per heavy atom. The number of nitrogens with zero attached hydrogens (tertiary/aromatic N) is 9. The van der Waals surface area contributed by atoms with E-state index in [0.717, 1.165) is 38.9 Å². The maximum atomic E-state index is 5.02. The molecule has 0 unspecified atom stereocenters. The van der Waals surface area contributed by atoms with Gasteiger partial charge >= 0.3 is 0 Å². The minimum Gasteiger partial charge on any atom is -0.219 e. The number of aromatic nitrogens is 9. The first-order valence-electron chi connectivity index (χ1n) is 14.9. The van der Waals surface area contributed by atoms with Gasteiger partial charge in [-0.25, -0.2) is 44.9 Å². The van der Waals surface area contributed by atoms with Crippen molar-refractivity contribution < 1.29 is 0 Å². The second kappa shape index (κ2) is 12.1. The molecule has 3 aromatic heterocycles. The monoisotopic (exact) mass is 599 g/mol. The van der Waals surface area contributed by atoms with E-state index in [-0.39, 0.29) is 0 Å². The fourth-order valence-corrected chi connectivity index (χ4v) is 5.37. The van der Waals surface area contributed by atoms with Crippen LogP contribution in [0.1, 0.15) is 23.3 Å². The number of benzene rings is 4. The number of hydrogen-bond acceptors (Lipinski definition) is 9. The number of hydrogen-bond donors (Lipinski definition) is 0. The summed E-state index contributed by atoms with van der Waals surface area (Å²) in [5.74, 6) is 5.24. The summed E-state index contributed by atoms with van der Waals surface area (Å²) >= 11 is 0. The molecular weight excluding hydrogens is 570 g/mol. The number of rotatable bonds is 6. The fraction of sp³-hybridized carbons (Fsp3) is 0.108. The van der Waals surface area contributed by atoms with Crippen LogP contribution in [-0.4, -0.2) is 44.9 Å². The average molecular weight is 600 g/mol. The molecule has 0 aliphatic carbocycles. The zero-order valence-electron chi connectivity index (χ0n) is 25.8. The molecule has 0 amide bonds. The molecule has 0 saturated heterocycles. The van der Waals surface area contributed by atoms with Gasteiger partial charge in [-0.2, -0.15) is 0 Å². The molecule has 222 valence electrons. The Labute approximate surface area is 266 Å². The Balaban J connectivity index is 1.42. The number of aryl methyl sites for hydroxylation is 4. The first-order valence-corrected chi connectivity index (χ1v) is 14.9. The Bertz CT molecular complexity index is 2180. The van der Waals surface area contributed by atoms with Crippen LogP contribution in [0.25, 0.3) is 68.1 Å². The molecule has 7 aromatic rings. The third-order valence-electron chi connectivity index (χ3n) is 7.35. The van der Waals surface area contributed by atoms with Gasteiger partial charge in [-0.3, -0.25) is 0 Å². The highest BCUT2D eigenvalue weighted by Crippen LogP contribution is 2.33. The van der Waals surface area contributed by atoms with Gasteiger partial charge in [0.15, 0.2) is 29.1 Å². The van der Waals surface area contributed by atoms with Crippen molar-refractivity contribution in [1.29, 1.82) is 0 Å². The van der Waals surface area contributed by atoms with Crippen LogP contribution in [0, 0.1) is 27.7 Å². The van der Waals surface area contributed by atoms with Crippen LogP contribution >= 0.6 is 0 Å². The first kappa shape index (κ1) is 28.7. The van der Waals surface area contributed by atoms with E-state index in [4.69, 9.17) is 24.9 Å². The highest BCUT2D eigenvalue weighted by atomic mass is 15.0. The standard InChI is InChI=1S/C37H29N9/c1-22-38-23(2)40-34(39-22)28-19-29(35-42-24(3)41-33(45-35)27-15-9-6-10-16-27)21-30(20-28)36-43-25(4)44-37(46-36)32-18-12-11-17-31(32)26-13-7-5-8-14-26/h5-21H,1-4H3. The van der Waals surface area contributed by atoms with Crippen molar-refractivity contribution in [2.24, 2.45) is 0 Å². The highest BCUT2D eigenvalue weighted by molar-refractivity contribution is 5.81. The van der Waals surface area contributed by atoms with E-state index < -0.39 is 0 Å². The molecule has 0 bridgehead atoms. The molecule has 9 nitrogen and oxygen atoms in total. The summed E-state index contributed by atoms with van der Waals surface area (Å²) in [5, 5.41) is 0. The van der Waals surface area contributed by atoms with E-state index in [1.54, 1.807) is 0 Å². The molecule has 3 heterocycles. The van der Waals surface area contributed by atoms with Gasteiger partial charge in [0, 0.05) is 27.8 Å². The molecule has 0 aliphatic rings. The smallest absolute Gasteiger partial charge is 0.164 e. The molecule has 0 radical (unpaired) electrons. The van der Waals surface area contributed by atoms with Crippen LogP contribution in [0.2, 0.25) is 0 Å². The molecule has 46 heavy (non-hydrogen) atoms. The minimum absolute atomic E-state index is 0.519. The van der Waals surface area contributed by atoms with Crippen molar-refractivity contribution in [2.45, 2.75) is 27.7 Å². The van der Waals surface area contributed by atoms with Gasteiger partial charge in [-0.15, -0.1) is 0 Å². The van der Waals surface area contributed by atoms with Crippen LogP contribution < -0.4 is 0 Å². The predicted molar refractivity (Wildman–Crippen MR) is 178 cm³/mol. The third-order valence-corrected chi connectivity index (χ3v) is 7.35. The van der Waals surface area contributed by atoms with Crippen LogP contribution in [0.5, 0.6) is 0 Å². The Kier molecular flexibility index (Phi) is 7.56. The highest BCUT2D eigenvalue weighted by Gasteiger charge is 2.18. The molecule has 0 atom stereocenters. The second-order valence-corrected chi connectivity index (χ2v) is 10.9. The van der Waals surface area contributed by atoms with Gasteiger partial charge in [0.2, 0.25) is 0 Å². The van der Waals surface area contributed by atoms with Gasteiger partial charge in [-0.1, -0.05) is 84.9 Å². The quantitative estimate of drug-likeness (QED) is 0.192. The van der Waals surface area contributed by atoms with Gasteiger partial charge in [-0.05, 0) is 57.0 Å². The van der Waals surface area contributed by atoms with Crippen molar-refractivity contribution in [3.8, 4) is 68.1 Å². The van der Waals surface area contributed by atoms with Gasteiger partial charge in [0.1, 0.15) is 23.3 Å². The second-order valence-electron chi connectivity index (χ2n) is 10.9. The predicted octanol–water partition coefficient (Wildman–Crippen LogP) is 7.48. The molecule has 0 fully saturated rings. The molecule has 9 heteroatoms. The summed E-state index contributed by atoms with van der Waals surface area (Å²) in [6.45, 7) is 7.46. The summed E-state index contributed by atoms with van der Waals surface area (Å²) < 4.78 is 0. The van der Waals surface area contributed by atoms with Crippen molar-refractivity contribution in [2.75, 3.05) is 0 Å².